The molecule has 1 unspecified atom stereocenters. The van der Waals surface area contributed by atoms with Crippen LogP contribution in [0, 0.1) is 0 Å². The van der Waals surface area contributed by atoms with Gasteiger partial charge in [-0.3, -0.25) is 4.79 Å². The molecule has 5 heteroatoms. The van der Waals surface area contributed by atoms with Crippen molar-refractivity contribution in [3.05, 3.63) is 52.3 Å². The predicted molar refractivity (Wildman–Crippen MR) is 84.6 cm³/mol. The summed E-state index contributed by atoms with van der Waals surface area (Å²) in [5.41, 5.74) is 1.72. The Balaban J connectivity index is 1.82. The molecule has 110 valence electrons. The lowest BCUT2D eigenvalue weighted by Gasteiger charge is -2.26. The second-order valence-electron chi connectivity index (χ2n) is 5.03. The van der Waals surface area contributed by atoms with Gasteiger partial charge in [0.1, 0.15) is 11.4 Å². The SMILES string of the molecule is CCn1cc(Br)cc1C(=O)NC1CCOc2ccccc21. The Kier molecular flexibility index (Phi) is 4.01. The van der Waals surface area contributed by atoms with Crippen LogP contribution in [0.25, 0.3) is 0 Å². The fourth-order valence-corrected chi connectivity index (χ4v) is 3.12. The minimum atomic E-state index is -0.0516. The largest absolute Gasteiger partial charge is 0.493 e. The summed E-state index contributed by atoms with van der Waals surface area (Å²) in [6.45, 7) is 3.41. The molecular formula is C16H17BrN2O2. The molecule has 0 saturated heterocycles. The molecule has 21 heavy (non-hydrogen) atoms. The Morgan fingerprint density at radius 2 is 2.29 bits per heavy atom. The summed E-state index contributed by atoms with van der Waals surface area (Å²) in [5, 5.41) is 3.12. The van der Waals surface area contributed by atoms with E-state index in [1.807, 2.05) is 48.0 Å². The van der Waals surface area contributed by atoms with E-state index in [0.717, 1.165) is 28.8 Å². The number of fused-ring (bicyclic) bond motifs is 1. The summed E-state index contributed by atoms with van der Waals surface area (Å²) in [4.78, 5) is 12.5. The molecule has 1 aromatic carbocycles. The van der Waals surface area contributed by atoms with Gasteiger partial charge in [-0.05, 0) is 35.0 Å². The van der Waals surface area contributed by atoms with Gasteiger partial charge in [0.05, 0.1) is 12.6 Å². The molecule has 0 bridgehead atoms. The molecule has 1 atom stereocenters. The van der Waals surface area contributed by atoms with Crippen LogP contribution in [0.2, 0.25) is 0 Å². The lowest BCUT2D eigenvalue weighted by molar-refractivity contribution is 0.0915. The highest BCUT2D eigenvalue weighted by molar-refractivity contribution is 9.10. The maximum atomic E-state index is 12.5. The second kappa shape index (κ2) is 5.93. The van der Waals surface area contributed by atoms with Crippen LogP contribution < -0.4 is 10.1 Å². The zero-order valence-corrected chi connectivity index (χ0v) is 13.4. The van der Waals surface area contributed by atoms with E-state index >= 15 is 0 Å². The molecule has 1 aromatic heterocycles. The number of carbonyl (C=O) groups is 1. The fraction of sp³-hybridized carbons (Fsp3) is 0.312. The predicted octanol–water partition coefficient (Wildman–Crippen LogP) is 3.52. The van der Waals surface area contributed by atoms with Gasteiger partial charge in [0.15, 0.2) is 0 Å². The van der Waals surface area contributed by atoms with Crippen LogP contribution in [0.3, 0.4) is 0 Å². The molecular weight excluding hydrogens is 332 g/mol. The maximum absolute atomic E-state index is 12.5. The van der Waals surface area contributed by atoms with Gasteiger partial charge in [0.2, 0.25) is 0 Å². The number of rotatable bonds is 3. The summed E-state index contributed by atoms with van der Waals surface area (Å²) < 4.78 is 8.48. The van der Waals surface area contributed by atoms with Gasteiger partial charge >= 0.3 is 0 Å². The van der Waals surface area contributed by atoms with Crippen LogP contribution >= 0.6 is 15.9 Å². The summed E-state index contributed by atoms with van der Waals surface area (Å²) in [6.07, 6.45) is 2.71. The van der Waals surface area contributed by atoms with Crippen molar-refractivity contribution in [3.8, 4) is 5.75 Å². The summed E-state index contributed by atoms with van der Waals surface area (Å²) in [7, 11) is 0. The van der Waals surface area contributed by atoms with E-state index in [0.29, 0.717) is 12.3 Å². The van der Waals surface area contributed by atoms with Crippen LogP contribution in [0.15, 0.2) is 41.0 Å². The zero-order chi connectivity index (χ0) is 14.8. The average molecular weight is 349 g/mol. The smallest absolute Gasteiger partial charge is 0.268 e. The van der Waals surface area contributed by atoms with Crippen LogP contribution in [0.4, 0.5) is 0 Å². The first-order chi connectivity index (χ1) is 10.2. The van der Waals surface area contributed by atoms with Gasteiger partial charge in [-0.2, -0.15) is 0 Å². The molecule has 0 aliphatic carbocycles. The number of carbonyl (C=O) groups excluding carboxylic acids is 1. The van der Waals surface area contributed by atoms with Gasteiger partial charge in [-0.25, -0.2) is 0 Å². The number of halogens is 1. The average Bonchev–Trinajstić information content (AvgIpc) is 2.89. The first-order valence-corrected chi connectivity index (χ1v) is 7.86. The molecule has 2 heterocycles. The van der Waals surface area contributed by atoms with Crippen LogP contribution in [-0.4, -0.2) is 17.1 Å². The topological polar surface area (TPSA) is 43.3 Å². The summed E-state index contributed by atoms with van der Waals surface area (Å²) in [5.74, 6) is 0.811. The standard InChI is InChI=1S/C16H17BrN2O2/c1-2-19-10-11(17)9-14(19)16(20)18-13-7-8-21-15-6-4-3-5-12(13)15/h3-6,9-10,13H,2,7-8H2,1H3,(H,18,20). The van der Waals surface area contributed by atoms with Gasteiger partial charge in [-0.15, -0.1) is 0 Å². The molecule has 1 N–H and O–H groups in total. The van der Waals surface area contributed by atoms with E-state index in [1.54, 1.807) is 0 Å². The molecule has 1 amide bonds. The molecule has 0 radical (unpaired) electrons. The number of hydrogen-bond donors (Lipinski definition) is 1. The van der Waals surface area contributed by atoms with Crippen molar-refractivity contribution >= 4 is 21.8 Å². The molecule has 0 fully saturated rings. The Morgan fingerprint density at radius 3 is 3.10 bits per heavy atom. The number of nitrogens with one attached hydrogen (secondary N) is 1. The van der Waals surface area contributed by atoms with Crippen molar-refractivity contribution in [3.63, 3.8) is 0 Å². The minimum Gasteiger partial charge on any atom is -0.493 e. The number of aromatic nitrogens is 1. The number of ether oxygens (including phenoxy) is 1. The second-order valence-corrected chi connectivity index (χ2v) is 5.95. The quantitative estimate of drug-likeness (QED) is 0.921. The van der Waals surface area contributed by atoms with Gasteiger partial charge in [-0.1, -0.05) is 18.2 Å². The van der Waals surface area contributed by atoms with Crippen molar-refractivity contribution in [1.82, 2.24) is 9.88 Å². The van der Waals surface area contributed by atoms with Crippen molar-refractivity contribution < 1.29 is 9.53 Å². The number of nitrogens with zero attached hydrogens (tertiary/aromatic N) is 1. The Morgan fingerprint density at radius 1 is 1.48 bits per heavy atom. The van der Waals surface area contributed by atoms with Crippen LogP contribution in [-0.2, 0) is 6.54 Å². The number of hydrogen-bond acceptors (Lipinski definition) is 2. The highest BCUT2D eigenvalue weighted by Gasteiger charge is 2.24. The molecule has 0 saturated carbocycles. The number of aryl methyl sites for hydroxylation is 1. The Labute approximate surface area is 132 Å². The monoisotopic (exact) mass is 348 g/mol. The van der Waals surface area contributed by atoms with Gasteiger partial charge in [0, 0.05) is 29.2 Å². The van der Waals surface area contributed by atoms with Crippen LogP contribution in [0.1, 0.15) is 35.4 Å². The molecule has 3 rings (SSSR count). The lowest BCUT2D eigenvalue weighted by Crippen LogP contribution is -2.33. The first-order valence-electron chi connectivity index (χ1n) is 7.07. The molecule has 1 aliphatic rings. The van der Waals surface area contributed by atoms with Gasteiger partial charge < -0.3 is 14.6 Å². The third kappa shape index (κ3) is 2.83. The van der Waals surface area contributed by atoms with Gasteiger partial charge in [0.25, 0.3) is 5.91 Å². The van der Waals surface area contributed by atoms with E-state index in [4.69, 9.17) is 4.74 Å². The number of benzene rings is 1. The Bertz CT molecular complexity index is 666. The van der Waals surface area contributed by atoms with E-state index < -0.39 is 0 Å². The minimum absolute atomic E-state index is 0.00133. The first kappa shape index (κ1) is 14.2. The van der Waals surface area contributed by atoms with Crippen LogP contribution in [0.5, 0.6) is 5.75 Å². The third-order valence-corrected chi connectivity index (χ3v) is 4.13. The summed E-state index contributed by atoms with van der Waals surface area (Å²) >= 11 is 3.42. The fourth-order valence-electron chi connectivity index (χ4n) is 2.65. The molecule has 1 aliphatic heterocycles. The molecule has 2 aromatic rings. The van der Waals surface area contributed by atoms with Crippen molar-refractivity contribution in [1.29, 1.82) is 0 Å². The molecule has 4 nitrogen and oxygen atoms in total. The highest BCUT2D eigenvalue weighted by Crippen LogP contribution is 2.31. The van der Waals surface area contributed by atoms with E-state index in [1.165, 1.54) is 0 Å². The number of para-hydroxylation sites is 1. The maximum Gasteiger partial charge on any atom is 0.268 e. The van der Waals surface area contributed by atoms with Crippen molar-refractivity contribution in [2.24, 2.45) is 0 Å². The van der Waals surface area contributed by atoms with E-state index in [-0.39, 0.29) is 11.9 Å². The summed E-state index contributed by atoms with van der Waals surface area (Å²) in [6, 6.07) is 9.72. The van der Waals surface area contributed by atoms with Crippen molar-refractivity contribution in [2.45, 2.75) is 25.9 Å². The van der Waals surface area contributed by atoms with E-state index in [9.17, 15) is 4.79 Å². The number of amides is 1. The third-order valence-electron chi connectivity index (χ3n) is 3.70. The Hall–Kier alpha value is -1.75. The zero-order valence-electron chi connectivity index (χ0n) is 11.8. The van der Waals surface area contributed by atoms with Crippen molar-refractivity contribution in [2.75, 3.05) is 6.61 Å². The lowest BCUT2D eigenvalue weighted by atomic mass is 10.0. The highest BCUT2D eigenvalue weighted by atomic mass is 79.9. The molecule has 0 spiro atoms. The normalized spacial score (nSPS) is 17.0. The van der Waals surface area contributed by atoms with E-state index in [2.05, 4.69) is 21.2 Å².